The van der Waals surface area contributed by atoms with Crippen molar-refractivity contribution in [2.45, 2.75) is 13.0 Å². The molecule has 1 heterocycles. The van der Waals surface area contributed by atoms with Gasteiger partial charge in [0.05, 0.1) is 12.1 Å². The van der Waals surface area contributed by atoms with Crippen molar-refractivity contribution >= 4 is 22.9 Å². The molecular weight excluding hydrogens is 318 g/mol. The maximum atomic E-state index is 12.5. The number of thiazole rings is 1. The fraction of sp³-hybridized carbons (Fsp3) is 0.158. The fourth-order valence-electron chi connectivity index (χ4n) is 2.49. The molecule has 2 N–H and O–H groups in total. The van der Waals surface area contributed by atoms with E-state index in [0.717, 1.165) is 27.5 Å². The van der Waals surface area contributed by atoms with Crippen molar-refractivity contribution in [1.29, 1.82) is 0 Å². The Morgan fingerprint density at radius 1 is 1.12 bits per heavy atom. The van der Waals surface area contributed by atoms with Gasteiger partial charge in [-0.05, 0) is 17.7 Å². The highest BCUT2D eigenvalue weighted by atomic mass is 32.1. The highest BCUT2D eigenvalue weighted by molar-refractivity contribution is 7.13. The average Bonchev–Trinajstić information content (AvgIpc) is 3.10. The number of nitrogens with zero attached hydrogens (tertiary/aromatic N) is 2. The monoisotopic (exact) mass is 337 g/mol. The Labute approximate surface area is 145 Å². The molecule has 0 saturated heterocycles. The van der Waals surface area contributed by atoms with Gasteiger partial charge in [0, 0.05) is 30.2 Å². The first-order chi connectivity index (χ1) is 11.7. The smallest absolute Gasteiger partial charge is 0.232 e. The quantitative estimate of drug-likeness (QED) is 0.775. The third kappa shape index (κ3) is 3.53. The first-order valence-corrected chi connectivity index (χ1v) is 8.61. The number of hydrogen-bond donors (Lipinski definition) is 1. The van der Waals surface area contributed by atoms with Crippen LogP contribution in [-0.4, -0.2) is 17.9 Å². The van der Waals surface area contributed by atoms with Gasteiger partial charge in [-0.1, -0.05) is 42.5 Å². The topological polar surface area (TPSA) is 59.2 Å². The normalized spacial score (nSPS) is 10.6. The third-order valence-electron chi connectivity index (χ3n) is 3.87. The molecule has 1 aromatic heterocycles. The number of carbonyl (C=O) groups is 1. The summed E-state index contributed by atoms with van der Waals surface area (Å²) < 4.78 is 0. The second-order valence-corrected chi connectivity index (χ2v) is 6.33. The molecule has 0 fully saturated rings. The molecule has 122 valence electrons. The summed E-state index contributed by atoms with van der Waals surface area (Å²) in [4.78, 5) is 18.7. The zero-order valence-electron chi connectivity index (χ0n) is 13.5. The van der Waals surface area contributed by atoms with E-state index in [1.165, 1.54) is 0 Å². The first-order valence-electron chi connectivity index (χ1n) is 7.73. The molecule has 0 aliphatic rings. The Balaban J connectivity index is 1.75. The molecule has 0 atom stereocenters. The lowest BCUT2D eigenvalue weighted by Crippen LogP contribution is -2.27. The predicted molar refractivity (Wildman–Crippen MR) is 99.0 cm³/mol. The molecule has 5 heteroatoms. The fourth-order valence-corrected chi connectivity index (χ4v) is 3.37. The van der Waals surface area contributed by atoms with E-state index in [1.807, 2.05) is 60.0 Å². The molecular formula is C19H19N3OS. The second-order valence-electron chi connectivity index (χ2n) is 5.47. The molecule has 4 nitrogen and oxygen atoms in total. The van der Waals surface area contributed by atoms with Crippen molar-refractivity contribution in [3.05, 3.63) is 71.2 Å². The summed E-state index contributed by atoms with van der Waals surface area (Å²) in [6, 6.07) is 17.6. The number of likely N-dealkylation sites (N-methyl/N-ethyl adjacent to an activating group) is 1. The molecule has 0 aliphatic heterocycles. The lowest BCUT2D eigenvalue weighted by Gasteiger charge is -2.16. The Morgan fingerprint density at radius 2 is 1.83 bits per heavy atom. The van der Waals surface area contributed by atoms with E-state index in [1.54, 1.807) is 23.3 Å². The maximum absolute atomic E-state index is 12.5. The maximum Gasteiger partial charge on any atom is 0.232 e. The van der Waals surface area contributed by atoms with Crippen molar-refractivity contribution in [1.82, 2.24) is 4.98 Å². The molecule has 0 saturated carbocycles. The standard InChI is InChI=1S/C19H19N3OS/c1-22(16-8-3-2-4-9-16)18(23)11-15-13-24-19(21-15)17-10-6-5-7-14(17)12-20/h2-10,13H,11-12,20H2,1H3. The highest BCUT2D eigenvalue weighted by Gasteiger charge is 2.15. The van der Waals surface area contributed by atoms with E-state index in [2.05, 4.69) is 4.98 Å². The van der Waals surface area contributed by atoms with Crippen molar-refractivity contribution in [3.63, 3.8) is 0 Å². The van der Waals surface area contributed by atoms with E-state index >= 15 is 0 Å². The third-order valence-corrected chi connectivity index (χ3v) is 4.79. The molecule has 0 aliphatic carbocycles. The number of aromatic nitrogens is 1. The number of anilines is 1. The summed E-state index contributed by atoms with van der Waals surface area (Å²) in [6.07, 6.45) is 0.284. The number of rotatable bonds is 5. The van der Waals surface area contributed by atoms with Gasteiger partial charge in [-0.15, -0.1) is 11.3 Å². The number of para-hydroxylation sites is 1. The Kier molecular flexibility index (Phi) is 5.03. The second kappa shape index (κ2) is 7.38. The minimum absolute atomic E-state index is 0.0187. The summed E-state index contributed by atoms with van der Waals surface area (Å²) in [5, 5.41) is 2.85. The number of benzene rings is 2. The molecule has 3 rings (SSSR count). The van der Waals surface area contributed by atoms with Crippen LogP contribution in [0.4, 0.5) is 5.69 Å². The average molecular weight is 337 g/mol. The summed E-state index contributed by atoms with van der Waals surface area (Å²) in [7, 11) is 1.79. The number of carbonyl (C=O) groups excluding carboxylic acids is 1. The summed E-state index contributed by atoms with van der Waals surface area (Å²) in [5.74, 6) is 0.0187. The molecule has 24 heavy (non-hydrogen) atoms. The van der Waals surface area contributed by atoms with Crippen molar-refractivity contribution in [2.75, 3.05) is 11.9 Å². The molecule has 1 amide bonds. The largest absolute Gasteiger partial charge is 0.326 e. The predicted octanol–water partition coefficient (Wildman–Crippen LogP) is 3.47. The van der Waals surface area contributed by atoms with Gasteiger partial charge in [-0.25, -0.2) is 4.98 Å². The SMILES string of the molecule is CN(C(=O)Cc1csc(-c2ccccc2CN)n1)c1ccccc1. The van der Waals surface area contributed by atoms with Gasteiger partial charge in [0.2, 0.25) is 5.91 Å². The number of amides is 1. The van der Waals surface area contributed by atoms with Crippen LogP contribution in [0.2, 0.25) is 0 Å². The first kappa shape index (κ1) is 16.4. The van der Waals surface area contributed by atoms with E-state index in [9.17, 15) is 4.79 Å². The summed E-state index contributed by atoms with van der Waals surface area (Å²) >= 11 is 1.54. The minimum atomic E-state index is 0.0187. The molecule has 3 aromatic rings. The van der Waals surface area contributed by atoms with Crippen LogP contribution < -0.4 is 10.6 Å². The Bertz CT molecular complexity index is 829. The van der Waals surface area contributed by atoms with E-state index < -0.39 is 0 Å². The van der Waals surface area contributed by atoms with Gasteiger partial charge < -0.3 is 10.6 Å². The lowest BCUT2D eigenvalue weighted by atomic mass is 10.1. The Hall–Kier alpha value is -2.50. The van der Waals surface area contributed by atoms with Gasteiger partial charge in [0.25, 0.3) is 0 Å². The molecule has 2 aromatic carbocycles. The molecule has 0 bridgehead atoms. The van der Waals surface area contributed by atoms with Gasteiger partial charge in [0.1, 0.15) is 5.01 Å². The zero-order chi connectivity index (χ0) is 16.9. The number of nitrogens with two attached hydrogens (primary N) is 1. The summed E-state index contributed by atoms with van der Waals surface area (Å²) in [5.41, 5.74) is 9.57. The Morgan fingerprint density at radius 3 is 2.58 bits per heavy atom. The van der Waals surface area contributed by atoms with E-state index in [-0.39, 0.29) is 12.3 Å². The van der Waals surface area contributed by atoms with Crippen LogP contribution >= 0.6 is 11.3 Å². The van der Waals surface area contributed by atoms with Crippen LogP contribution in [0.3, 0.4) is 0 Å². The molecule has 0 radical (unpaired) electrons. The number of hydrogen-bond acceptors (Lipinski definition) is 4. The van der Waals surface area contributed by atoms with Crippen molar-refractivity contribution in [2.24, 2.45) is 5.73 Å². The van der Waals surface area contributed by atoms with Crippen LogP contribution in [0.5, 0.6) is 0 Å². The van der Waals surface area contributed by atoms with Crippen LogP contribution in [-0.2, 0) is 17.8 Å². The molecule has 0 unspecified atom stereocenters. The minimum Gasteiger partial charge on any atom is -0.326 e. The van der Waals surface area contributed by atoms with Crippen LogP contribution in [0, 0.1) is 0 Å². The van der Waals surface area contributed by atoms with E-state index in [0.29, 0.717) is 6.54 Å². The van der Waals surface area contributed by atoms with E-state index in [4.69, 9.17) is 5.73 Å². The van der Waals surface area contributed by atoms with Crippen molar-refractivity contribution < 1.29 is 4.79 Å². The highest BCUT2D eigenvalue weighted by Crippen LogP contribution is 2.27. The van der Waals surface area contributed by atoms with Crippen LogP contribution in [0.25, 0.3) is 10.6 Å². The van der Waals surface area contributed by atoms with Gasteiger partial charge in [-0.3, -0.25) is 4.79 Å². The lowest BCUT2D eigenvalue weighted by molar-refractivity contribution is -0.117. The molecule has 0 spiro atoms. The summed E-state index contributed by atoms with van der Waals surface area (Å²) in [6.45, 7) is 0.473. The van der Waals surface area contributed by atoms with Gasteiger partial charge in [0.15, 0.2) is 0 Å². The zero-order valence-corrected chi connectivity index (χ0v) is 14.3. The van der Waals surface area contributed by atoms with Gasteiger partial charge >= 0.3 is 0 Å². The van der Waals surface area contributed by atoms with Crippen LogP contribution in [0.15, 0.2) is 60.0 Å². The van der Waals surface area contributed by atoms with Crippen molar-refractivity contribution in [3.8, 4) is 10.6 Å². The van der Waals surface area contributed by atoms with Gasteiger partial charge in [-0.2, -0.15) is 0 Å². The van der Waals surface area contributed by atoms with Crippen LogP contribution in [0.1, 0.15) is 11.3 Å².